The summed E-state index contributed by atoms with van der Waals surface area (Å²) in [6.45, 7) is 3.73. The van der Waals surface area contributed by atoms with E-state index in [1.165, 1.54) is 30.5 Å². The van der Waals surface area contributed by atoms with Gasteiger partial charge in [-0.25, -0.2) is 9.18 Å². The average Bonchev–Trinajstić information content (AvgIpc) is 3.24. The van der Waals surface area contributed by atoms with E-state index in [2.05, 4.69) is 26.9 Å². The fraction of sp³-hybridized carbons (Fsp3) is 0.364. The second-order valence-electron chi connectivity index (χ2n) is 7.19. The molecule has 0 spiro atoms. The van der Waals surface area contributed by atoms with Crippen LogP contribution in [-0.4, -0.2) is 36.5 Å². The van der Waals surface area contributed by atoms with E-state index in [9.17, 15) is 14.0 Å². The minimum absolute atomic E-state index is 0.108. The number of rotatable bonds is 8. The number of hydrogen-bond acceptors (Lipinski definition) is 3. The van der Waals surface area contributed by atoms with Gasteiger partial charge in [0.15, 0.2) is 0 Å². The molecule has 0 unspecified atom stereocenters. The quantitative estimate of drug-likeness (QED) is 0.640. The molecule has 0 atom stereocenters. The van der Waals surface area contributed by atoms with Gasteiger partial charge >= 0.3 is 6.03 Å². The van der Waals surface area contributed by atoms with Crippen LogP contribution in [0.25, 0.3) is 0 Å². The first-order valence-electron chi connectivity index (χ1n) is 9.92. The Morgan fingerprint density at radius 3 is 2.28 bits per heavy atom. The minimum atomic E-state index is -0.445. The maximum absolute atomic E-state index is 12.9. The highest BCUT2D eigenvalue weighted by Gasteiger charge is 2.14. The lowest BCUT2D eigenvalue weighted by molar-refractivity contribution is -0.120. The van der Waals surface area contributed by atoms with Crippen LogP contribution in [0.15, 0.2) is 48.5 Å². The van der Waals surface area contributed by atoms with Crippen molar-refractivity contribution in [3.8, 4) is 0 Å². The summed E-state index contributed by atoms with van der Waals surface area (Å²) in [4.78, 5) is 26.3. The van der Waals surface area contributed by atoms with E-state index in [-0.39, 0.29) is 24.8 Å². The van der Waals surface area contributed by atoms with Gasteiger partial charge in [-0.2, -0.15) is 0 Å². The second kappa shape index (κ2) is 10.6. The molecule has 1 heterocycles. The lowest BCUT2D eigenvalue weighted by Gasteiger charge is -2.17. The zero-order valence-electron chi connectivity index (χ0n) is 16.4. The molecule has 2 aromatic rings. The number of carbonyl (C=O) groups is 2. The Kier molecular flexibility index (Phi) is 7.58. The highest BCUT2D eigenvalue weighted by Crippen LogP contribution is 2.16. The van der Waals surface area contributed by atoms with Crippen LogP contribution in [0.2, 0.25) is 0 Å². The number of nitrogens with one attached hydrogen (secondary N) is 3. The Labute approximate surface area is 170 Å². The Morgan fingerprint density at radius 2 is 1.55 bits per heavy atom. The Bertz CT molecular complexity index is 820. The van der Waals surface area contributed by atoms with E-state index in [1.54, 1.807) is 12.1 Å². The first-order valence-corrected chi connectivity index (χ1v) is 9.92. The van der Waals surface area contributed by atoms with Crippen LogP contribution < -0.4 is 16.0 Å². The van der Waals surface area contributed by atoms with Gasteiger partial charge in [-0.15, -0.1) is 0 Å². The third-order valence-electron chi connectivity index (χ3n) is 4.96. The molecular weight excluding hydrogens is 371 g/mol. The van der Waals surface area contributed by atoms with Crippen molar-refractivity contribution in [2.45, 2.75) is 32.5 Å². The number of carbonyl (C=O) groups excluding carboxylic acids is 2. The number of benzene rings is 2. The van der Waals surface area contributed by atoms with Crippen LogP contribution in [0, 0.1) is 5.82 Å². The van der Waals surface area contributed by atoms with Crippen molar-refractivity contribution in [3.63, 3.8) is 0 Å². The normalized spacial score (nSPS) is 13.8. The number of nitrogens with zero attached hydrogens (tertiary/aromatic N) is 1. The van der Waals surface area contributed by atoms with Crippen molar-refractivity contribution in [2.75, 3.05) is 19.6 Å². The zero-order valence-corrected chi connectivity index (χ0v) is 16.4. The van der Waals surface area contributed by atoms with Crippen molar-refractivity contribution < 1.29 is 14.0 Å². The third kappa shape index (κ3) is 6.87. The molecule has 3 rings (SSSR count). The molecule has 1 fully saturated rings. The van der Waals surface area contributed by atoms with Crippen LogP contribution in [0.5, 0.6) is 0 Å². The fourth-order valence-electron chi connectivity index (χ4n) is 3.33. The molecule has 7 heteroatoms. The summed E-state index contributed by atoms with van der Waals surface area (Å²) < 4.78 is 12.9. The second-order valence-corrected chi connectivity index (χ2v) is 7.19. The van der Waals surface area contributed by atoms with E-state index in [4.69, 9.17) is 0 Å². The van der Waals surface area contributed by atoms with Gasteiger partial charge in [-0.05, 0) is 54.8 Å². The SMILES string of the molecule is O=C(CNC(=O)NCc1ccc(F)cc1)NCc1ccccc1CN1CCCC1. The number of amides is 3. The van der Waals surface area contributed by atoms with Crippen LogP contribution in [0.4, 0.5) is 9.18 Å². The highest BCUT2D eigenvalue weighted by molar-refractivity contribution is 5.83. The van der Waals surface area contributed by atoms with Crippen molar-refractivity contribution in [1.82, 2.24) is 20.9 Å². The molecule has 3 N–H and O–H groups in total. The molecule has 0 bridgehead atoms. The van der Waals surface area contributed by atoms with Crippen molar-refractivity contribution >= 4 is 11.9 Å². The molecule has 0 radical (unpaired) electrons. The van der Waals surface area contributed by atoms with Crippen molar-refractivity contribution in [2.24, 2.45) is 0 Å². The number of halogens is 1. The van der Waals surface area contributed by atoms with E-state index < -0.39 is 6.03 Å². The average molecular weight is 398 g/mol. The molecular formula is C22H27FN4O2. The number of hydrogen-bond donors (Lipinski definition) is 3. The fourth-order valence-corrected chi connectivity index (χ4v) is 3.33. The Morgan fingerprint density at radius 1 is 0.862 bits per heavy atom. The number of urea groups is 1. The molecule has 29 heavy (non-hydrogen) atoms. The molecule has 1 saturated heterocycles. The lowest BCUT2D eigenvalue weighted by atomic mass is 10.1. The molecule has 0 aliphatic carbocycles. The Balaban J connectivity index is 1.38. The Hall–Kier alpha value is -2.93. The molecule has 1 aliphatic rings. The van der Waals surface area contributed by atoms with Gasteiger partial charge in [0.2, 0.25) is 5.91 Å². The molecule has 3 amide bonds. The maximum atomic E-state index is 12.9. The largest absolute Gasteiger partial charge is 0.350 e. The van der Waals surface area contributed by atoms with Gasteiger partial charge in [0.1, 0.15) is 5.82 Å². The van der Waals surface area contributed by atoms with E-state index in [1.807, 2.05) is 18.2 Å². The summed E-state index contributed by atoms with van der Waals surface area (Å²) in [5, 5.41) is 8.03. The van der Waals surface area contributed by atoms with Gasteiger partial charge in [-0.3, -0.25) is 9.69 Å². The topological polar surface area (TPSA) is 73.5 Å². The van der Waals surface area contributed by atoms with Crippen molar-refractivity contribution in [1.29, 1.82) is 0 Å². The predicted molar refractivity (Wildman–Crippen MR) is 109 cm³/mol. The zero-order chi connectivity index (χ0) is 20.5. The van der Waals surface area contributed by atoms with E-state index >= 15 is 0 Å². The van der Waals surface area contributed by atoms with Crippen LogP contribution >= 0.6 is 0 Å². The maximum Gasteiger partial charge on any atom is 0.315 e. The molecule has 154 valence electrons. The smallest absolute Gasteiger partial charge is 0.315 e. The number of likely N-dealkylation sites (tertiary alicyclic amines) is 1. The predicted octanol–water partition coefficient (Wildman–Crippen LogP) is 2.54. The monoisotopic (exact) mass is 398 g/mol. The van der Waals surface area contributed by atoms with Gasteiger partial charge in [0.05, 0.1) is 6.54 Å². The molecule has 1 aliphatic heterocycles. The summed E-state index contributed by atoms with van der Waals surface area (Å²) in [5.74, 6) is -0.574. The van der Waals surface area contributed by atoms with Crippen LogP contribution in [-0.2, 0) is 24.4 Å². The summed E-state index contributed by atoms with van der Waals surface area (Å²) in [6.07, 6.45) is 2.49. The van der Waals surface area contributed by atoms with Gasteiger partial charge in [0.25, 0.3) is 0 Å². The summed E-state index contributed by atoms with van der Waals surface area (Å²) in [5.41, 5.74) is 3.09. The molecule has 6 nitrogen and oxygen atoms in total. The van der Waals surface area contributed by atoms with Gasteiger partial charge in [-0.1, -0.05) is 36.4 Å². The molecule has 0 saturated carbocycles. The van der Waals surface area contributed by atoms with Crippen LogP contribution in [0.1, 0.15) is 29.5 Å². The first-order chi connectivity index (χ1) is 14.1. The van der Waals surface area contributed by atoms with E-state index in [0.29, 0.717) is 6.54 Å². The van der Waals surface area contributed by atoms with Gasteiger partial charge < -0.3 is 16.0 Å². The molecule has 2 aromatic carbocycles. The standard InChI is InChI=1S/C22H27FN4O2/c23-20-9-7-17(8-10-20)13-25-22(29)26-15-21(28)24-14-18-5-1-2-6-19(18)16-27-11-3-4-12-27/h1-2,5-10H,3-4,11-16H2,(H,24,28)(H2,25,26,29). The highest BCUT2D eigenvalue weighted by atomic mass is 19.1. The lowest BCUT2D eigenvalue weighted by Crippen LogP contribution is -2.41. The minimum Gasteiger partial charge on any atom is -0.350 e. The third-order valence-corrected chi connectivity index (χ3v) is 4.96. The molecule has 0 aromatic heterocycles. The summed E-state index contributed by atoms with van der Waals surface area (Å²) in [7, 11) is 0. The van der Waals surface area contributed by atoms with E-state index in [0.717, 1.165) is 30.8 Å². The van der Waals surface area contributed by atoms with Gasteiger partial charge in [0, 0.05) is 19.6 Å². The summed E-state index contributed by atoms with van der Waals surface area (Å²) in [6, 6.07) is 13.5. The van der Waals surface area contributed by atoms with Crippen molar-refractivity contribution in [3.05, 3.63) is 71.0 Å². The first kappa shape index (κ1) is 20.8. The summed E-state index contributed by atoms with van der Waals surface area (Å²) >= 11 is 0. The van der Waals surface area contributed by atoms with Crippen LogP contribution in [0.3, 0.4) is 0 Å².